The van der Waals surface area contributed by atoms with Crippen molar-refractivity contribution in [3.8, 4) is 0 Å². The second-order valence-corrected chi connectivity index (χ2v) is 4.67. The number of hydrogen-bond donors (Lipinski definition) is 2. The Kier molecular flexibility index (Phi) is 3.14. The second-order valence-electron chi connectivity index (χ2n) is 4.67. The first-order valence-corrected chi connectivity index (χ1v) is 5.88. The van der Waals surface area contributed by atoms with E-state index in [4.69, 9.17) is 5.11 Å². The van der Waals surface area contributed by atoms with Gasteiger partial charge in [-0.2, -0.15) is 0 Å². The third-order valence-corrected chi connectivity index (χ3v) is 3.66. The number of carbonyl (C=O) groups excluding carboxylic acids is 1. The minimum Gasteiger partial charge on any atom is -0.480 e. The SMILES string of the molecule is CC1NCCC1C(=O)N1CCC[C@H]1C(=O)O. The molecule has 90 valence electrons. The molecular weight excluding hydrogens is 208 g/mol. The molecule has 0 aromatic carbocycles. The molecular formula is C11H18N2O3. The van der Waals surface area contributed by atoms with Crippen LogP contribution in [0.4, 0.5) is 0 Å². The highest BCUT2D eigenvalue weighted by atomic mass is 16.4. The lowest BCUT2D eigenvalue weighted by Gasteiger charge is -2.26. The number of rotatable bonds is 2. The average Bonchev–Trinajstić information content (AvgIpc) is 2.84. The highest BCUT2D eigenvalue weighted by Crippen LogP contribution is 2.24. The van der Waals surface area contributed by atoms with Gasteiger partial charge in [0.2, 0.25) is 5.91 Å². The summed E-state index contributed by atoms with van der Waals surface area (Å²) in [5.41, 5.74) is 0. The van der Waals surface area contributed by atoms with Crippen LogP contribution in [-0.2, 0) is 9.59 Å². The summed E-state index contributed by atoms with van der Waals surface area (Å²) in [4.78, 5) is 24.8. The van der Waals surface area contributed by atoms with Crippen LogP contribution in [0.1, 0.15) is 26.2 Å². The van der Waals surface area contributed by atoms with E-state index in [1.165, 1.54) is 0 Å². The Balaban J connectivity index is 2.06. The topological polar surface area (TPSA) is 69.6 Å². The largest absolute Gasteiger partial charge is 0.480 e. The number of nitrogens with zero attached hydrogens (tertiary/aromatic N) is 1. The number of nitrogens with one attached hydrogen (secondary N) is 1. The molecule has 3 atom stereocenters. The fraction of sp³-hybridized carbons (Fsp3) is 0.818. The van der Waals surface area contributed by atoms with Crippen LogP contribution in [-0.4, -0.2) is 47.1 Å². The van der Waals surface area contributed by atoms with Crippen molar-refractivity contribution in [1.29, 1.82) is 0 Å². The fourth-order valence-electron chi connectivity index (χ4n) is 2.70. The molecule has 2 aliphatic heterocycles. The average molecular weight is 226 g/mol. The molecule has 0 aromatic heterocycles. The quantitative estimate of drug-likeness (QED) is 0.698. The summed E-state index contributed by atoms with van der Waals surface area (Å²) < 4.78 is 0. The normalized spacial score (nSPS) is 34.3. The van der Waals surface area contributed by atoms with Crippen molar-refractivity contribution in [2.75, 3.05) is 13.1 Å². The number of likely N-dealkylation sites (tertiary alicyclic amines) is 1. The van der Waals surface area contributed by atoms with Gasteiger partial charge in [0.05, 0.1) is 5.92 Å². The maximum Gasteiger partial charge on any atom is 0.326 e. The molecule has 5 nitrogen and oxygen atoms in total. The number of carbonyl (C=O) groups is 2. The van der Waals surface area contributed by atoms with E-state index in [-0.39, 0.29) is 17.9 Å². The zero-order valence-corrected chi connectivity index (χ0v) is 9.48. The van der Waals surface area contributed by atoms with Gasteiger partial charge in [0.1, 0.15) is 6.04 Å². The van der Waals surface area contributed by atoms with E-state index in [0.29, 0.717) is 13.0 Å². The minimum absolute atomic E-state index is 0.0161. The van der Waals surface area contributed by atoms with Gasteiger partial charge in [0.25, 0.3) is 0 Å². The summed E-state index contributed by atoms with van der Waals surface area (Å²) in [6.45, 7) is 3.43. The lowest BCUT2D eigenvalue weighted by atomic mass is 10.00. The lowest BCUT2D eigenvalue weighted by Crippen LogP contribution is -2.45. The van der Waals surface area contributed by atoms with Crippen molar-refractivity contribution in [1.82, 2.24) is 10.2 Å². The number of carboxylic acids is 1. The Bertz CT molecular complexity index is 306. The van der Waals surface area contributed by atoms with Crippen LogP contribution in [0.2, 0.25) is 0 Å². The number of aliphatic carboxylic acids is 1. The van der Waals surface area contributed by atoms with Crippen molar-refractivity contribution in [3.63, 3.8) is 0 Å². The van der Waals surface area contributed by atoms with Crippen molar-refractivity contribution in [2.45, 2.75) is 38.3 Å². The molecule has 2 fully saturated rings. The van der Waals surface area contributed by atoms with Gasteiger partial charge in [0, 0.05) is 12.6 Å². The van der Waals surface area contributed by atoms with Crippen LogP contribution in [0.15, 0.2) is 0 Å². The van der Waals surface area contributed by atoms with Gasteiger partial charge >= 0.3 is 5.97 Å². The molecule has 0 saturated carbocycles. The van der Waals surface area contributed by atoms with Gasteiger partial charge in [-0.15, -0.1) is 0 Å². The first kappa shape index (κ1) is 11.4. The molecule has 16 heavy (non-hydrogen) atoms. The predicted molar refractivity (Wildman–Crippen MR) is 57.9 cm³/mol. The van der Waals surface area contributed by atoms with Gasteiger partial charge in [-0.3, -0.25) is 4.79 Å². The van der Waals surface area contributed by atoms with Crippen LogP contribution in [0, 0.1) is 5.92 Å². The molecule has 2 aliphatic rings. The van der Waals surface area contributed by atoms with Gasteiger partial charge in [0.15, 0.2) is 0 Å². The first-order chi connectivity index (χ1) is 7.61. The molecule has 0 radical (unpaired) electrons. The molecule has 0 aromatic rings. The zero-order chi connectivity index (χ0) is 11.7. The Morgan fingerprint density at radius 3 is 2.69 bits per heavy atom. The zero-order valence-electron chi connectivity index (χ0n) is 9.48. The fourth-order valence-corrected chi connectivity index (χ4v) is 2.70. The van der Waals surface area contributed by atoms with Crippen molar-refractivity contribution < 1.29 is 14.7 Å². The Hall–Kier alpha value is -1.10. The molecule has 2 saturated heterocycles. The van der Waals surface area contributed by atoms with Crippen LogP contribution in [0.3, 0.4) is 0 Å². The van der Waals surface area contributed by atoms with Crippen molar-refractivity contribution in [3.05, 3.63) is 0 Å². The molecule has 5 heteroatoms. The van der Waals surface area contributed by atoms with Crippen LogP contribution in [0.5, 0.6) is 0 Å². The molecule has 2 rings (SSSR count). The van der Waals surface area contributed by atoms with E-state index in [9.17, 15) is 9.59 Å². The summed E-state index contributed by atoms with van der Waals surface area (Å²) in [5, 5.41) is 12.3. The second kappa shape index (κ2) is 4.41. The van der Waals surface area contributed by atoms with E-state index in [0.717, 1.165) is 19.4 Å². The molecule has 2 heterocycles. The van der Waals surface area contributed by atoms with E-state index in [1.807, 2.05) is 6.92 Å². The van der Waals surface area contributed by atoms with E-state index >= 15 is 0 Å². The highest BCUT2D eigenvalue weighted by Gasteiger charge is 2.39. The van der Waals surface area contributed by atoms with Gasteiger partial charge in [-0.1, -0.05) is 0 Å². The molecule has 1 amide bonds. The number of amides is 1. The molecule has 0 bridgehead atoms. The first-order valence-electron chi connectivity index (χ1n) is 5.88. The van der Waals surface area contributed by atoms with Crippen LogP contribution in [0.25, 0.3) is 0 Å². The molecule has 2 unspecified atom stereocenters. The van der Waals surface area contributed by atoms with Gasteiger partial charge in [-0.05, 0) is 32.7 Å². The summed E-state index contributed by atoms with van der Waals surface area (Å²) in [6, 6.07) is -0.428. The van der Waals surface area contributed by atoms with E-state index < -0.39 is 12.0 Å². The Morgan fingerprint density at radius 2 is 2.12 bits per heavy atom. The highest BCUT2D eigenvalue weighted by molar-refractivity contribution is 5.86. The van der Waals surface area contributed by atoms with Crippen molar-refractivity contribution in [2.24, 2.45) is 5.92 Å². The maximum absolute atomic E-state index is 12.2. The minimum atomic E-state index is -0.871. The summed E-state index contributed by atoms with van der Waals surface area (Å²) in [6.07, 6.45) is 2.22. The monoisotopic (exact) mass is 226 g/mol. The smallest absolute Gasteiger partial charge is 0.326 e. The standard InChI is InChI=1S/C11H18N2O3/c1-7-8(4-5-12-7)10(14)13-6-2-3-9(13)11(15)16/h7-9,12H,2-6H2,1H3,(H,15,16)/t7?,8?,9-/m0/s1. The van der Waals surface area contributed by atoms with Crippen LogP contribution >= 0.6 is 0 Å². The lowest BCUT2D eigenvalue weighted by molar-refractivity contribution is -0.150. The van der Waals surface area contributed by atoms with Gasteiger partial charge in [-0.25, -0.2) is 4.79 Å². The van der Waals surface area contributed by atoms with Gasteiger partial charge < -0.3 is 15.3 Å². The predicted octanol–water partition coefficient (Wildman–Crippen LogP) is 0.0600. The summed E-state index contributed by atoms with van der Waals surface area (Å²) in [5.74, 6) is -0.896. The van der Waals surface area contributed by atoms with E-state index in [1.54, 1.807) is 4.90 Å². The molecule has 0 aliphatic carbocycles. The van der Waals surface area contributed by atoms with Crippen LogP contribution < -0.4 is 5.32 Å². The summed E-state index contributed by atoms with van der Waals surface area (Å²) in [7, 11) is 0. The maximum atomic E-state index is 12.2. The Morgan fingerprint density at radius 1 is 1.38 bits per heavy atom. The third kappa shape index (κ3) is 1.91. The third-order valence-electron chi connectivity index (χ3n) is 3.66. The van der Waals surface area contributed by atoms with E-state index in [2.05, 4.69) is 5.32 Å². The van der Waals surface area contributed by atoms with Crippen molar-refractivity contribution >= 4 is 11.9 Å². The molecule has 0 spiro atoms. The number of carboxylic acid groups (broad SMARTS) is 1. The molecule has 2 N–H and O–H groups in total. The summed E-state index contributed by atoms with van der Waals surface area (Å²) >= 11 is 0. The number of hydrogen-bond acceptors (Lipinski definition) is 3. The Labute approximate surface area is 94.8 Å².